The maximum Gasteiger partial charge on any atom is 0.224 e. The van der Waals surface area contributed by atoms with Gasteiger partial charge in [0.2, 0.25) is 5.91 Å². The highest BCUT2D eigenvalue weighted by molar-refractivity contribution is 7.13. The Kier molecular flexibility index (Phi) is 5.30. The van der Waals surface area contributed by atoms with Gasteiger partial charge < -0.3 is 5.32 Å². The number of carbonyl (C=O) groups excluding carboxylic acids is 1. The van der Waals surface area contributed by atoms with E-state index in [0.29, 0.717) is 12.3 Å². The van der Waals surface area contributed by atoms with Crippen molar-refractivity contribution in [3.05, 3.63) is 35.8 Å². The summed E-state index contributed by atoms with van der Waals surface area (Å²) in [4.78, 5) is 16.2. The summed E-state index contributed by atoms with van der Waals surface area (Å²) in [6.07, 6.45) is 4.60. The summed E-state index contributed by atoms with van der Waals surface area (Å²) in [7, 11) is 0. The van der Waals surface area contributed by atoms with Crippen molar-refractivity contribution in [2.75, 3.05) is 5.32 Å². The largest absolute Gasteiger partial charge is 0.326 e. The first-order valence-electron chi connectivity index (χ1n) is 6.98. The lowest BCUT2D eigenvalue weighted by atomic mass is 10.0. The average Bonchev–Trinajstić information content (AvgIpc) is 2.93. The van der Waals surface area contributed by atoms with E-state index in [2.05, 4.69) is 24.1 Å². The number of nitrogens with one attached hydrogen (secondary N) is 1. The predicted octanol–water partition coefficient (Wildman–Crippen LogP) is 4.57. The molecule has 106 valence electrons. The van der Waals surface area contributed by atoms with Gasteiger partial charge >= 0.3 is 0 Å². The normalized spacial score (nSPS) is 12.1. The molecule has 2 aromatic rings. The van der Waals surface area contributed by atoms with Gasteiger partial charge in [0, 0.05) is 29.2 Å². The standard InChI is InChI=1S/C16H20N2OS/c1-3-4-12(2)11-15(19)18-14-7-5-13(6-8-14)16-17-9-10-20-16/h5-10,12H,3-4,11H2,1-2H3,(H,18,19). The zero-order valence-electron chi connectivity index (χ0n) is 11.9. The zero-order chi connectivity index (χ0) is 14.4. The van der Waals surface area contributed by atoms with Crippen molar-refractivity contribution in [1.82, 2.24) is 4.98 Å². The van der Waals surface area contributed by atoms with Crippen LogP contribution in [0.1, 0.15) is 33.1 Å². The molecule has 0 saturated carbocycles. The highest BCUT2D eigenvalue weighted by Crippen LogP contribution is 2.23. The summed E-state index contributed by atoms with van der Waals surface area (Å²) in [5, 5.41) is 5.91. The Morgan fingerprint density at radius 2 is 2.10 bits per heavy atom. The number of hydrogen-bond acceptors (Lipinski definition) is 3. The Bertz CT molecular complexity index is 534. The molecule has 0 spiro atoms. The first-order valence-corrected chi connectivity index (χ1v) is 7.86. The van der Waals surface area contributed by atoms with Crippen LogP contribution in [0.15, 0.2) is 35.8 Å². The minimum atomic E-state index is 0.0907. The molecule has 0 bridgehead atoms. The third kappa shape index (κ3) is 4.17. The van der Waals surface area contributed by atoms with Crippen molar-refractivity contribution in [3.8, 4) is 10.6 Å². The highest BCUT2D eigenvalue weighted by atomic mass is 32.1. The summed E-state index contributed by atoms with van der Waals surface area (Å²) in [6.45, 7) is 4.26. The summed E-state index contributed by atoms with van der Waals surface area (Å²) in [6, 6.07) is 7.84. The third-order valence-electron chi connectivity index (χ3n) is 3.16. The molecule has 20 heavy (non-hydrogen) atoms. The first kappa shape index (κ1) is 14.7. The molecular weight excluding hydrogens is 268 g/mol. The highest BCUT2D eigenvalue weighted by Gasteiger charge is 2.08. The van der Waals surface area contributed by atoms with Gasteiger partial charge in [0.1, 0.15) is 5.01 Å². The van der Waals surface area contributed by atoms with E-state index in [9.17, 15) is 4.79 Å². The van der Waals surface area contributed by atoms with Crippen LogP contribution < -0.4 is 5.32 Å². The number of nitrogens with zero attached hydrogens (tertiary/aromatic N) is 1. The summed E-state index contributed by atoms with van der Waals surface area (Å²) in [5.41, 5.74) is 1.93. The second kappa shape index (κ2) is 7.20. The monoisotopic (exact) mass is 288 g/mol. The quantitative estimate of drug-likeness (QED) is 0.845. The lowest BCUT2D eigenvalue weighted by molar-refractivity contribution is -0.117. The van der Waals surface area contributed by atoms with Crippen LogP contribution in [0.25, 0.3) is 10.6 Å². The molecule has 2 rings (SSSR count). The van der Waals surface area contributed by atoms with Crippen LogP contribution in [-0.2, 0) is 4.79 Å². The zero-order valence-corrected chi connectivity index (χ0v) is 12.7. The van der Waals surface area contributed by atoms with Crippen molar-refractivity contribution < 1.29 is 4.79 Å². The predicted molar refractivity (Wildman–Crippen MR) is 84.9 cm³/mol. The van der Waals surface area contributed by atoms with Crippen LogP contribution in [0, 0.1) is 5.92 Å². The van der Waals surface area contributed by atoms with E-state index in [0.717, 1.165) is 29.1 Å². The molecular formula is C16H20N2OS. The van der Waals surface area contributed by atoms with Gasteiger partial charge in [-0.1, -0.05) is 26.7 Å². The number of anilines is 1. The molecule has 0 saturated heterocycles. The lowest BCUT2D eigenvalue weighted by Crippen LogP contribution is -2.14. The Morgan fingerprint density at radius 1 is 1.35 bits per heavy atom. The fourth-order valence-electron chi connectivity index (χ4n) is 2.19. The maximum atomic E-state index is 11.9. The van der Waals surface area contributed by atoms with Crippen molar-refractivity contribution in [1.29, 1.82) is 0 Å². The SMILES string of the molecule is CCCC(C)CC(=O)Nc1ccc(-c2nccs2)cc1. The van der Waals surface area contributed by atoms with E-state index in [1.807, 2.05) is 29.6 Å². The van der Waals surface area contributed by atoms with Crippen LogP contribution in [-0.4, -0.2) is 10.9 Å². The van der Waals surface area contributed by atoms with Gasteiger partial charge in [-0.25, -0.2) is 4.98 Å². The van der Waals surface area contributed by atoms with Crippen molar-refractivity contribution in [3.63, 3.8) is 0 Å². The summed E-state index contributed by atoms with van der Waals surface area (Å²) >= 11 is 1.61. The van der Waals surface area contributed by atoms with Crippen molar-refractivity contribution >= 4 is 22.9 Å². The van der Waals surface area contributed by atoms with Crippen molar-refractivity contribution in [2.24, 2.45) is 5.92 Å². The minimum Gasteiger partial charge on any atom is -0.326 e. The fourth-order valence-corrected chi connectivity index (χ4v) is 2.83. The third-order valence-corrected chi connectivity index (χ3v) is 3.99. The van der Waals surface area contributed by atoms with E-state index in [-0.39, 0.29) is 5.91 Å². The smallest absolute Gasteiger partial charge is 0.224 e. The van der Waals surface area contributed by atoms with Gasteiger partial charge in [-0.2, -0.15) is 0 Å². The molecule has 3 nitrogen and oxygen atoms in total. The molecule has 0 aliphatic rings. The molecule has 1 aromatic heterocycles. The van der Waals surface area contributed by atoms with Gasteiger partial charge in [0.15, 0.2) is 0 Å². The van der Waals surface area contributed by atoms with Gasteiger partial charge in [-0.15, -0.1) is 11.3 Å². The molecule has 4 heteroatoms. The average molecular weight is 288 g/mol. The Labute approximate surface area is 124 Å². The molecule has 1 aromatic carbocycles. The van der Waals surface area contributed by atoms with Crippen LogP contribution >= 0.6 is 11.3 Å². The van der Waals surface area contributed by atoms with Crippen molar-refractivity contribution in [2.45, 2.75) is 33.1 Å². The number of thiazole rings is 1. The van der Waals surface area contributed by atoms with Gasteiger partial charge in [0.05, 0.1) is 0 Å². The summed E-state index contributed by atoms with van der Waals surface area (Å²) < 4.78 is 0. The van der Waals surface area contributed by atoms with Crippen LogP contribution in [0.3, 0.4) is 0 Å². The molecule has 1 heterocycles. The lowest BCUT2D eigenvalue weighted by Gasteiger charge is -2.10. The number of amides is 1. The van der Waals surface area contributed by atoms with Crippen LogP contribution in [0.5, 0.6) is 0 Å². The second-order valence-corrected chi connectivity index (χ2v) is 5.96. The van der Waals surface area contributed by atoms with Gasteiger partial charge in [0.25, 0.3) is 0 Å². The van der Waals surface area contributed by atoms with Gasteiger partial charge in [-0.05, 0) is 30.2 Å². The number of aromatic nitrogens is 1. The Morgan fingerprint density at radius 3 is 2.70 bits per heavy atom. The van der Waals surface area contributed by atoms with E-state index >= 15 is 0 Å². The summed E-state index contributed by atoms with van der Waals surface area (Å²) in [5.74, 6) is 0.530. The van der Waals surface area contributed by atoms with Crippen LogP contribution in [0.2, 0.25) is 0 Å². The number of hydrogen-bond donors (Lipinski definition) is 1. The fraction of sp³-hybridized carbons (Fsp3) is 0.375. The van der Waals surface area contributed by atoms with Gasteiger partial charge in [-0.3, -0.25) is 4.79 Å². The molecule has 1 amide bonds. The number of benzene rings is 1. The maximum absolute atomic E-state index is 11.9. The van der Waals surface area contributed by atoms with E-state index in [1.54, 1.807) is 17.5 Å². The number of rotatable bonds is 6. The topological polar surface area (TPSA) is 42.0 Å². The first-order chi connectivity index (χ1) is 9.69. The minimum absolute atomic E-state index is 0.0907. The van der Waals surface area contributed by atoms with E-state index in [1.165, 1.54) is 0 Å². The Hall–Kier alpha value is -1.68. The van der Waals surface area contributed by atoms with E-state index < -0.39 is 0 Å². The molecule has 1 unspecified atom stereocenters. The number of carbonyl (C=O) groups is 1. The molecule has 1 N–H and O–H groups in total. The molecule has 0 aliphatic carbocycles. The molecule has 1 atom stereocenters. The van der Waals surface area contributed by atoms with Crippen LogP contribution in [0.4, 0.5) is 5.69 Å². The molecule has 0 radical (unpaired) electrons. The second-order valence-electron chi connectivity index (χ2n) is 5.06. The molecule has 0 aliphatic heterocycles. The Balaban J connectivity index is 1.92. The van der Waals surface area contributed by atoms with E-state index in [4.69, 9.17) is 0 Å². The molecule has 0 fully saturated rings.